The Morgan fingerprint density at radius 1 is 1.14 bits per heavy atom. The lowest BCUT2D eigenvalue weighted by Gasteiger charge is -2.06. The van der Waals surface area contributed by atoms with Crippen molar-refractivity contribution in [1.82, 2.24) is 15.0 Å². The number of hydrogen-bond acceptors (Lipinski definition) is 6. The van der Waals surface area contributed by atoms with Gasteiger partial charge in [0.25, 0.3) is 0 Å². The first-order chi connectivity index (χ1) is 10.6. The van der Waals surface area contributed by atoms with Crippen molar-refractivity contribution in [2.24, 2.45) is 0 Å². The summed E-state index contributed by atoms with van der Waals surface area (Å²) in [5.74, 6) is 0.546. The number of thiazole rings is 1. The summed E-state index contributed by atoms with van der Waals surface area (Å²) in [6.45, 7) is 3.56. The lowest BCUT2D eigenvalue weighted by molar-refractivity contribution is 0.101. The van der Waals surface area contributed by atoms with Crippen LogP contribution in [0.25, 0.3) is 10.7 Å². The van der Waals surface area contributed by atoms with Gasteiger partial charge in [-0.05, 0) is 44.2 Å². The van der Waals surface area contributed by atoms with Gasteiger partial charge in [0.15, 0.2) is 5.78 Å². The van der Waals surface area contributed by atoms with E-state index in [0.717, 1.165) is 21.3 Å². The van der Waals surface area contributed by atoms with Gasteiger partial charge >= 0.3 is 0 Å². The molecule has 2 heterocycles. The molecule has 0 saturated heterocycles. The summed E-state index contributed by atoms with van der Waals surface area (Å²) in [6, 6.07) is 9.06. The van der Waals surface area contributed by atoms with E-state index >= 15 is 0 Å². The molecule has 0 aliphatic heterocycles. The summed E-state index contributed by atoms with van der Waals surface area (Å²) in [6.07, 6.45) is 3.53. The fourth-order valence-corrected chi connectivity index (χ4v) is 2.66. The molecule has 3 aromatic rings. The molecule has 0 aliphatic rings. The van der Waals surface area contributed by atoms with Crippen LogP contribution < -0.4 is 5.32 Å². The maximum Gasteiger partial charge on any atom is 0.227 e. The average Bonchev–Trinajstić information content (AvgIpc) is 2.95. The predicted molar refractivity (Wildman–Crippen MR) is 87.6 cm³/mol. The summed E-state index contributed by atoms with van der Waals surface area (Å²) in [5.41, 5.74) is 2.30. The molecule has 22 heavy (non-hydrogen) atoms. The number of carbonyl (C=O) groups excluding carboxylic acids is 1. The Labute approximate surface area is 132 Å². The fraction of sp³-hybridized carbons (Fsp3) is 0.125. The zero-order valence-electron chi connectivity index (χ0n) is 12.2. The second kappa shape index (κ2) is 6.03. The van der Waals surface area contributed by atoms with Crippen molar-refractivity contribution in [3.63, 3.8) is 0 Å². The third kappa shape index (κ3) is 3.17. The highest BCUT2D eigenvalue weighted by Gasteiger charge is 2.06. The molecule has 110 valence electrons. The lowest BCUT2D eigenvalue weighted by atomic mass is 10.1. The number of benzene rings is 1. The number of aromatic nitrogens is 3. The molecule has 0 atom stereocenters. The number of Topliss-reactive ketones (excluding diaryl/α,β-unsaturated/α-hetero) is 1. The van der Waals surface area contributed by atoms with Crippen LogP contribution >= 0.6 is 11.3 Å². The number of nitrogens with one attached hydrogen (secondary N) is 1. The average molecular weight is 310 g/mol. The fourth-order valence-electron chi connectivity index (χ4n) is 1.93. The van der Waals surface area contributed by atoms with Gasteiger partial charge in [0.05, 0.1) is 0 Å². The number of nitrogens with zero attached hydrogens (tertiary/aromatic N) is 3. The van der Waals surface area contributed by atoms with Crippen molar-refractivity contribution >= 4 is 28.8 Å². The molecule has 1 aromatic carbocycles. The van der Waals surface area contributed by atoms with Gasteiger partial charge in [-0.3, -0.25) is 4.79 Å². The Bertz CT molecular complexity index is 811. The molecule has 2 aromatic heterocycles. The Kier molecular flexibility index (Phi) is 3.93. The van der Waals surface area contributed by atoms with Crippen LogP contribution in [0.4, 0.5) is 11.6 Å². The van der Waals surface area contributed by atoms with Gasteiger partial charge < -0.3 is 5.32 Å². The van der Waals surface area contributed by atoms with E-state index in [-0.39, 0.29) is 5.78 Å². The highest BCUT2D eigenvalue weighted by atomic mass is 32.1. The molecule has 0 unspecified atom stereocenters. The van der Waals surface area contributed by atoms with Crippen molar-refractivity contribution in [3.05, 3.63) is 53.2 Å². The van der Waals surface area contributed by atoms with E-state index in [1.807, 2.05) is 31.3 Å². The van der Waals surface area contributed by atoms with Crippen LogP contribution in [0.1, 0.15) is 22.2 Å². The number of anilines is 2. The van der Waals surface area contributed by atoms with E-state index in [9.17, 15) is 4.79 Å². The third-order valence-electron chi connectivity index (χ3n) is 3.04. The minimum Gasteiger partial charge on any atom is -0.324 e. The van der Waals surface area contributed by atoms with Crippen LogP contribution in [-0.2, 0) is 0 Å². The van der Waals surface area contributed by atoms with Crippen LogP contribution in [-0.4, -0.2) is 20.7 Å². The number of rotatable bonds is 4. The molecule has 0 saturated carbocycles. The van der Waals surface area contributed by atoms with Gasteiger partial charge in [-0.15, -0.1) is 11.3 Å². The molecule has 0 amide bonds. The van der Waals surface area contributed by atoms with E-state index in [1.165, 1.54) is 0 Å². The Morgan fingerprint density at radius 2 is 1.91 bits per heavy atom. The number of hydrogen-bond donors (Lipinski definition) is 1. The van der Waals surface area contributed by atoms with Gasteiger partial charge in [0, 0.05) is 28.5 Å². The van der Waals surface area contributed by atoms with Crippen LogP contribution in [0, 0.1) is 6.92 Å². The summed E-state index contributed by atoms with van der Waals surface area (Å²) < 4.78 is 0. The SMILES string of the molecule is CC(=O)c1ccc(Nc2nccc(-c3ncc(C)s3)n2)cc1. The van der Waals surface area contributed by atoms with Crippen molar-refractivity contribution in [2.45, 2.75) is 13.8 Å². The Hall–Kier alpha value is -2.60. The van der Waals surface area contributed by atoms with E-state index < -0.39 is 0 Å². The van der Waals surface area contributed by atoms with Gasteiger partial charge in [-0.2, -0.15) is 0 Å². The van der Waals surface area contributed by atoms with E-state index in [1.54, 1.807) is 36.6 Å². The summed E-state index contributed by atoms with van der Waals surface area (Å²) in [4.78, 5) is 25.4. The molecule has 1 N–H and O–H groups in total. The van der Waals surface area contributed by atoms with Gasteiger partial charge in [-0.1, -0.05) is 0 Å². The van der Waals surface area contributed by atoms with Gasteiger partial charge in [-0.25, -0.2) is 15.0 Å². The zero-order chi connectivity index (χ0) is 15.5. The predicted octanol–water partition coefficient (Wildman–Crippen LogP) is 3.85. The summed E-state index contributed by atoms with van der Waals surface area (Å²) in [7, 11) is 0. The van der Waals surface area contributed by atoms with Gasteiger partial charge in [0.1, 0.15) is 10.7 Å². The lowest BCUT2D eigenvalue weighted by Crippen LogP contribution is -1.98. The minimum atomic E-state index is 0.0453. The largest absolute Gasteiger partial charge is 0.324 e. The van der Waals surface area contributed by atoms with E-state index in [0.29, 0.717) is 11.5 Å². The summed E-state index contributed by atoms with van der Waals surface area (Å²) in [5, 5.41) is 4.00. The third-order valence-corrected chi connectivity index (χ3v) is 3.98. The van der Waals surface area contributed by atoms with Gasteiger partial charge in [0.2, 0.25) is 5.95 Å². The Balaban J connectivity index is 1.82. The van der Waals surface area contributed by atoms with Crippen molar-refractivity contribution in [2.75, 3.05) is 5.32 Å². The van der Waals surface area contributed by atoms with Crippen molar-refractivity contribution in [1.29, 1.82) is 0 Å². The molecule has 0 spiro atoms. The monoisotopic (exact) mass is 310 g/mol. The number of aryl methyl sites for hydroxylation is 1. The number of ketones is 1. The molecule has 0 fully saturated rings. The molecule has 0 bridgehead atoms. The van der Waals surface area contributed by atoms with Crippen molar-refractivity contribution in [3.8, 4) is 10.7 Å². The smallest absolute Gasteiger partial charge is 0.227 e. The quantitative estimate of drug-likeness (QED) is 0.741. The normalized spacial score (nSPS) is 10.5. The molecule has 3 rings (SSSR count). The first-order valence-corrected chi connectivity index (χ1v) is 7.57. The molecular weight excluding hydrogens is 296 g/mol. The molecule has 5 nitrogen and oxygen atoms in total. The maximum absolute atomic E-state index is 11.3. The molecular formula is C16H14N4OS. The van der Waals surface area contributed by atoms with E-state index in [2.05, 4.69) is 20.3 Å². The molecule has 0 aliphatic carbocycles. The standard InChI is InChI=1S/C16H14N4OS/c1-10-9-18-15(22-10)14-7-8-17-16(20-14)19-13-5-3-12(4-6-13)11(2)21/h3-9H,1-2H3,(H,17,19,20). The first-order valence-electron chi connectivity index (χ1n) is 6.76. The zero-order valence-corrected chi connectivity index (χ0v) is 13.0. The topological polar surface area (TPSA) is 67.8 Å². The maximum atomic E-state index is 11.3. The highest BCUT2D eigenvalue weighted by molar-refractivity contribution is 7.14. The second-order valence-electron chi connectivity index (χ2n) is 4.80. The second-order valence-corrected chi connectivity index (χ2v) is 6.03. The molecule has 0 radical (unpaired) electrons. The van der Waals surface area contributed by atoms with Crippen LogP contribution in [0.15, 0.2) is 42.7 Å². The first kappa shape index (κ1) is 14.3. The van der Waals surface area contributed by atoms with Crippen LogP contribution in [0.5, 0.6) is 0 Å². The highest BCUT2D eigenvalue weighted by Crippen LogP contribution is 2.24. The minimum absolute atomic E-state index is 0.0453. The molecule has 6 heteroatoms. The van der Waals surface area contributed by atoms with E-state index in [4.69, 9.17) is 0 Å². The van der Waals surface area contributed by atoms with Crippen LogP contribution in [0.3, 0.4) is 0 Å². The summed E-state index contributed by atoms with van der Waals surface area (Å²) >= 11 is 1.59. The number of carbonyl (C=O) groups is 1. The van der Waals surface area contributed by atoms with Crippen LogP contribution in [0.2, 0.25) is 0 Å². The van der Waals surface area contributed by atoms with Crippen molar-refractivity contribution < 1.29 is 4.79 Å². The Morgan fingerprint density at radius 3 is 2.55 bits per heavy atom.